The average molecular weight is 843 g/mol. The molecule has 0 saturated heterocycles. The van der Waals surface area contributed by atoms with Crippen molar-refractivity contribution in [2.75, 3.05) is 0 Å². The van der Waals surface area contributed by atoms with E-state index in [-0.39, 0.29) is 10.8 Å². The van der Waals surface area contributed by atoms with Gasteiger partial charge in [-0.1, -0.05) is 204 Å². The second-order valence-corrected chi connectivity index (χ2v) is 19.2. The first-order valence-electron chi connectivity index (χ1n) is 24.9. The molecule has 0 N–H and O–H groups in total. The molecule has 12 rings (SSSR count). The summed E-state index contributed by atoms with van der Waals surface area (Å²) in [5.41, 5.74) is 21.5. The highest BCUT2D eigenvalue weighted by molar-refractivity contribution is 6.19. The van der Waals surface area contributed by atoms with Crippen molar-refractivity contribution >= 4 is 38.3 Å². The van der Waals surface area contributed by atoms with Crippen LogP contribution in [0.25, 0.3) is 60.5 Å². The van der Waals surface area contributed by atoms with Crippen LogP contribution < -0.4 is 0 Å². The lowest BCUT2D eigenvalue weighted by atomic mass is 9.70. The molecule has 0 heterocycles. The van der Waals surface area contributed by atoms with Crippen molar-refractivity contribution in [2.24, 2.45) is 5.92 Å². The van der Waals surface area contributed by atoms with Crippen molar-refractivity contribution < 1.29 is 0 Å². The molecular formula is C65H62. The summed E-state index contributed by atoms with van der Waals surface area (Å²) in [5.74, 6) is 0.564. The fraction of sp³-hybridized carbons (Fsp3) is 0.262. The van der Waals surface area contributed by atoms with E-state index >= 15 is 0 Å². The van der Waals surface area contributed by atoms with Crippen LogP contribution in [0.15, 0.2) is 188 Å². The number of rotatable bonds is 6. The van der Waals surface area contributed by atoms with E-state index in [1.54, 1.807) is 16.7 Å². The van der Waals surface area contributed by atoms with Gasteiger partial charge >= 0.3 is 0 Å². The summed E-state index contributed by atoms with van der Waals surface area (Å²) in [5, 5.41) is 5.39. The van der Waals surface area contributed by atoms with E-state index in [9.17, 15) is 0 Å². The molecule has 322 valence electrons. The molecule has 2 spiro atoms. The van der Waals surface area contributed by atoms with Crippen LogP contribution in [0.3, 0.4) is 0 Å². The van der Waals surface area contributed by atoms with Crippen LogP contribution in [0.5, 0.6) is 0 Å². The van der Waals surface area contributed by atoms with Crippen molar-refractivity contribution in [1.82, 2.24) is 0 Å². The van der Waals surface area contributed by atoms with Crippen LogP contribution >= 0.6 is 0 Å². The molecule has 6 aliphatic carbocycles. The minimum absolute atomic E-state index is 0.109. The molecule has 0 aromatic heterocycles. The quantitative estimate of drug-likeness (QED) is 0.116. The highest BCUT2D eigenvalue weighted by Gasteiger charge is 2.50. The molecular weight excluding hydrogens is 781 g/mol. The Balaban J connectivity index is 0.00000231. The standard InChI is InChI=1S/C63H56.C2H6/c1-3-5-19-42(4-2)46-20-7-6-8-21-47(46)44-29-34-54-55(40-44)60(43-28-32-50-48-22-11-13-26-56(48)62(36-15-16-37-62)58(50)35-31-43)52-24-9-10-25-53(52)61(54)45-30-33-51-49-23-12-14-27-57(49)63(59(51)41-45)38-17-18-39-63;1-2/h3-6,8-14,19-30,32-34,40-41,58H,2,7,15-18,31,35-39H2,1H3;1-2H3/b5-3-,42-19+;. The molecule has 0 heteroatoms. The summed E-state index contributed by atoms with van der Waals surface area (Å²) >= 11 is 0. The smallest absolute Gasteiger partial charge is 0.0215 e. The Labute approximate surface area is 387 Å². The first kappa shape index (κ1) is 41.5. The van der Waals surface area contributed by atoms with Gasteiger partial charge in [0.1, 0.15) is 0 Å². The SMILES string of the molecule is C=C/C(=C\C=C/C)C1=CCC=CC=C1c1ccc2c(-c3ccc4c(c3)C3(CCCC3)c3ccccc3-4)c3ccccc3c(C3=CC=C4c5ccccc5C5(CCCC5)C4CC3)c2c1.CC. The molecule has 1 atom stereocenters. The predicted molar refractivity (Wildman–Crippen MR) is 281 cm³/mol. The number of fused-ring (bicyclic) bond motifs is 12. The molecule has 0 radical (unpaired) electrons. The third kappa shape index (κ3) is 6.46. The Morgan fingerprint density at radius 1 is 0.631 bits per heavy atom. The second-order valence-electron chi connectivity index (χ2n) is 19.2. The van der Waals surface area contributed by atoms with Gasteiger partial charge in [-0.3, -0.25) is 0 Å². The van der Waals surface area contributed by atoms with E-state index in [1.165, 1.54) is 141 Å². The highest BCUT2D eigenvalue weighted by atomic mass is 14.5. The van der Waals surface area contributed by atoms with E-state index in [4.69, 9.17) is 0 Å². The van der Waals surface area contributed by atoms with Crippen molar-refractivity contribution in [3.8, 4) is 22.3 Å². The average Bonchev–Trinajstić information content (AvgIpc) is 4.08. The number of hydrogen-bond donors (Lipinski definition) is 0. The number of hydrogen-bond acceptors (Lipinski definition) is 0. The van der Waals surface area contributed by atoms with E-state index in [2.05, 4.69) is 177 Å². The van der Waals surface area contributed by atoms with Crippen LogP contribution in [-0.2, 0) is 10.8 Å². The Hall–Kier alpha value is -6.24. The van der Waals surface area contributed by atoms with E-state index < -0.39 is 0 Å². The molecule has 6 aromatic rings. The van der Waals surface area contributed by atoms with Gasteiger partial charge in [0.25, 0.3) is 0 Å². The van der Waals surface area contributed by atoms with Crippen molar-refractivity contribution in [2.45, 2.75) is 102 Å². The maximum Gasteiger partial charge on any atom is 0.0215 e. The fourth-order valence-corrected chi connectivity index (χ4v) is 13.6. The Morgan fingerprint density at radius 3 is 2.09 bits per heavy atom. The molecule has 65 heavy (non-hydrogen) atoms. The molecule has 1 unspecified atom stereocenters. The van der Waals surface area contributed by atoms with Crippen molar-refractivity contribution in [3.63, 3.8) is 0 Å². The van der Waals surface area contributed by atoms with Crippen LogP contribution in [0.2, 0.25) is 0 Å². The first-order chi connectivity index (χ1) is 32.1. The topological polar surface area (TPSA) is 0 Å². The normalized spacial score (nSPS) is 20.0. The van der Waals surface area contributed by atoms with E-state index in [0.29, 0.717) is 5.92 Å². The van der Waals surface area contributed by atoms with E-state index in [0.717, 1.165) is 18.4 Å². The molecule has 0 bridgehead atoms. The molecule has 2 saturated carbocycles. The monoisotopic (exact) mass is 842 g/mol. The second kappa shape index (κ2) is 17.0. The van der Waals surface area contributed by atoms with Crippen molar-refractivity contribution in [1.29, 1.82) is 0 Å². The molecule has 6 aliphatic rings. The van der Waals surface area contributed by atoms with Gasteiger partial charge in [-0.2, -0.15) is 0 Å². The van der Waals surface area contributed by atoms with Gasteiger partial charge in [-0.05, 0) is 175 Å². The minimum atomic E-state index is 0.109. The van der Waals surface area contributed by atoms with Crippen LogP contribution in [0.4, 0.5) is 0 Å². The number of benzene rings is 6. The summed E-state index contributed by atoms with van der Waals surface area (Å²) in [6.45, 7) is 10.4. The third-order valence-electron chi connectivity index (χ3n) is 16.3. The first-order valence-corrected chi connectivity index (χ1v) is 24.9. The molecule has 0 aliphatic heterocycles. The van der Waals surface area contributed by atoms with Crippen LogP contribution in [-0.4, -0.2) is 0 Å². The zero-order valence-electron chi connectivity index (χ0n) is 38.7. The Morgan fingerprint density at radius 2 is 1.31 bits per heavy atom. The van der Waals surface area contributed by atoms with Crippen molar-refractivity contribution in [3.05, 3.63) is 221 Å². The van der Waals surface area contributed by atoms with Gasteiger partial charge in [0, 0.05) is 10.8 Å². The maximum atomic E-state index is 4.29. The van der Waals surface area contributed by atoms with Gasteiger partial charge in [0.05, 0.1) is 0 Å². The lowest BCUT2D eigenvalue weighted by molar-refractivity contribution is 0.337. The molecule has 6 aromatic carbocycles. The molecule has 2 fully saturated rings. The summed E-state index contributed by atoms with van der Waals surface area (Å²) in [6.07, 6.45) is 36.2. The summed E-state index contributed by atoms with van der Waals surface area (Å²) in [7, 11) is 0. The van der Waals surface area contributed by atoms with Crippen LogP contribution in [0, 0.1) is 5.92 Å². The lowest BCUT2D eigenvalue weighted by Crippen LogP contribution is -2.27. The molecule has 0 nitrogen and oxygen atoms in total. The summed E-state index contributed by atoms with van der Waals surface area (Å²) < 4.78 is 0. The largest absolute Gasteiger partial charge is 0.0984 e. The zero-order valence-corrected chi connectivity index (χ0v) is 38.7. The van der Waals surface area contributed by atoms with Crippen LogP contribution in [0.1, 0.15) is 125 Å². The Bertz CT molecular complexity index is 3110. The van der Waals surface area contributed by atoms with Gasteiger partial charge in [0.15, 0.2) is 0 Å². The van der Waals surface area contributed by atoms with Gasteiger partial charge in [0.2, 0.25) is 0 Å². The third-order valence-corrected chi connectivity index (χ3v) is 16.3. The highest BCUT2D eigenvalue weighted by Crippen LogP contribution is 2.61. The minimum Gasteiger partial charge on any atom is -0.0984 e. The molecule has 0 amide bonds. The lowest BCUT2D eigenvalue weighted by Gasteiger charge is -2.33. The Kier molecular flexibility index (Phi) is 10.8. The maximum absolute atomic E-state index is 4.29. The van der Waals surface area contributed by atoms with Gasteiger partial charge in [-0.25, -0.2) is 0 Å². The zero-order chi connectivity index (χ0) is 44.1. The predicted octanol–water partition coefficient (Wildman–Crippen LogP) is 18.2. The summed E-state index contributed by atoms with van der Waals surface area (Å²) in [6, 6.07) is 43.0. The van der Waals surface area contributed by atoms with Gasteiger partial charge < -0.3 is 0 Å². The fourth-order valence-electron chi connectivity index (χ4n) is 13.6. The summed E-state index contributed by atoms with van der Waals surface area (Å²) in [4.78, 5) is 0. The van der Waals surface area contributed by atoms with Gasteiger partial charge in [-0.15, -0.1) is 0 Å². The van der Waals surface area contributed by atoms with E-state index in [1.807, 2.05) is 19.9 Å². The number of allylic oxidation sites excluding steroid dienone is 15.